The highest BCUT2D eigenvalue weighted by molar-refractivity contribution is 6.21. The van der Waals surface area contributed by atoms with E-state index in [9.17, 15) is 9.59 Å². The van der Waals surface area contributed by atoms with Crippen molar-refractivity contribution in [1.82, 2.24) is 0 Å². The lowest BCUT2D eigenvalue weighted by Gasteiger charge is -2.28. The summed E-state index contributed by atoms with van der Waals surface area (Å²) < 4.78 is 11.6. The topological polar surface area (TPSA) is 72.8 Å². The Bertz CT molecular complexity index is 397. The van der Waals surface area contributed by atoms with Gasteiger partial charge in [0.2, 0.25) is 0 Å². The molecular formula is C18H29ClO5. The number of carboxylic acids is 1. The summed E-state index contributed by atoms with van der Waals surface area (Å²) in [6.45, 7) is 0.729. The maximum Gasteiger partial charge on any atom is 0.303 e. The van der Waals surface area contributed by atoms with Crippen molar-refractivity contribution in [3.8, 4) is 0 Å². The molecular weight excluding hydrogens is 332 g/mol. The highest BCUT2D eigenvalue weighted by Crippen LogP contribution is 2.40. The molecule has 1 aliphatic heterocycles. The summed E-state index contributed by atoms with van der Waals surface area (Å²) in [4.78, 5) is 22.1. The van der Waals surface area contributed by atoms with Crippen molar-refractivity contribution in [2.75, 3.05) is 6.61 Å². The molecule has 1 saturated carbocycles. The lowest BCUT2D eigenvalue weighted by atomic mass is 9.90. The van der Waals surface area contributed by atoms with Crippen molar-refractivity contribution in [2.45, 2.75) is 82.0 Å². The van der Waals surface area contributed by atoms with E-state index in [1.165, 1.54) is 0 Å². The summed E-state index contributed by atoms with van der Waals surface area (Å²) in [6, 6.07) is 0. The molecule has 1 aliphatic carbocycles. The zero-order chi connectivity index (χ0) is 17.4. The van der Waals surface area contributed by atoms with Crippen LogP contribution in [0.2, 0.25) is 0 Å². The Morgan fingerprint density at radius 1 is 1.25 bits per heavy atom. The molecule has 5 nitrogen and oxygen atoms in total. The molecule has 2 rings (SSSR count). The molecule has 1 saturated heterocycles. The van der Waals surface area contributed by atoms with Crippen LogP contribution < -0.4 is 0 Å². The van der Waals surface area contributed by atoms with Crippen LogP contribution in [0.25, 0.3) is 0 Å². The molecule has 24 heavy (non-hydrogen) atoms. The van der Waals surface area contributed by atoms with Crippen LogP contribution in [0.15, 0.2) is 0 Å². The molecule has 0 aromatic heterocycles. The fourth-order valence-corrected chi connectivity index (χ4v) is 4.27. The fourth-order valence-electron chi connectivity index (χ4n) is 3.80. The van der Waals surface area contributed by atoms with Gasteiger partial charge in [-0.05, 0) is 44.4 Å². The number of carbonyl (C=O) groups excluding carboxylic acids is 1. The Kier molecular flexibility index (Phi) is 8.50. The summed E-state index contributed by atoms with van der Waals surface area (Å²) in [5.74, 6) is -0.744. The van der Waals surface area contributed by atoms with Crippen LogP contribution in [0.1, 0.15) is 64.2 Å². The third-order valence-electron chi connectivity index (χ3n) is 5.15. The molecule has 138 valence electrons. The molecule has 1 heterocycles. The Labute approximate surface area is 149 Å². The minimum Gasteiger partial charge on any atom is -0.481 e. The third kappa shape index (κ3) is 6.01. The van der Waals surface area contributed by atoms with E-state index in [0.717, 1.165) is 57.8 Å². The van der Waals surface area contributed by atoms with Crippen molar-refractivity contribution in [1.29, 1.82) is 0 Å². The summed E-state index contributed by atoms with van der Waals surface area (Å²) in [5.41, 5.74) is 0. The van der Waals surface area contributed by atoms with Crippen LogP contribution in [0, 0.1) is 11.8 Å². The van der Waals surface area contributed by atoms with Crippen molar-refractivity contribution in [2.24, 2.45) is 11.8 Å². The number of halogens is 1. The van der Waals surface area contributed by atoms with Gasteiger partial charge in [0.1, 0.15) is 6.29 Å². The van der Waals surface area contributed by atoms with E-state index < -0.39 is 5.97 Å². The molecule has 0 aromatic carbocycles. The first-order valence-electron chi connectivity index (χ1n) is 9.20. The van der Waals surface area contributed by atoms with E-state index in [4.69, 9.17) is 26.2 Å². The first kappa shape index (κ1) is 19.7. The van der Waals surface area contributed by atoms with Gasteiger partial charge in [0.25, 0.3) is 0 Å². The lowest BCUT2D eigenvalue weighted by molar-refractivity contribution is -0.194. The number of rotatable bonds is 10. The largest absolute Gasteiger partial charge is 0.481 e. The second-order valence-electron chi connectivity index (χ2n) is 6.95. The van der Waals surface area contributed by atoms with E-state index in [-0.39, 0.29) is 36.0 Å². The van der Waals surface area contributed by atoms with Gasteiger partial charge in [-0.25, -0.2) is 0 Å². The summed E-state index contributed by atoms with van der Waals surface area (Å²) >= 11 is 6.49. The molecule has 6 heteroatoms. The Morgan fingerprint density at radius 2 is 2.04 bits per heavy atom. The molecule has 5 atom stereocenters. The van der Waals surface area contributed by atoms with E-state index >= 15 is 0 Å². The quantitative estimate of drug-likeness (QED) is 0.365. The highest BCUT2D eigenvalue weighted by Gasteiger charge is 2.43. The number of hydrogen-bond acceptors (Lipinski definition) is 4. The Balaban J connectivity index is 1.73. The molecule has 0 aromatic rings. The van der Waals surface area contributed by atoms with Crippen LogP contribution in [0.3, 0.4) is 0 Å². The number of hydrogen-bond donors (Lipinski definition) is 1. The van der Waals surface area contributed by atoms with E-state index in [0.29, 0.717) is 12.8 Å². The maximum atomic E-state index is 11.6. The summed E-state index contributed by atoms with van der Waals surface area (Å²) in [7, 11) is 0. The molecule has 2 aliphatic rings. The van der Waals surface area contributed by atoms with Gasteiger partial charge in [-0.15, -0.1) is 11.6 Å². The van der Waals surface area contributed by atoms with E-state index in [1.807, 2.05) is 0 Å². The van der Waals surface area contributed by atoms with Gasteiger partial charge in [-0.1, -0.05) is 19.3 Å². The summed E-state index contributed by atoms with van der Waals surface area (Å²) in [6.07, 6.45) is 9.17. The maximum absolute atomic E-state index is 11.6. The minimum atomic E-state index is -0.738. The van der Waals surface area contributed by atoms with Crippen LogP contribution in [0.5, 0.6) is 0 Å². The third-order valence-corrected chi connectivity index (χ3v) is 5.65. The molecule has 0 spiro atoms. The number of carboxylic acid groups (broad SMARTS) is 1. The van der Waals surface area contributed by atoms with Crippen molar-refractivity contribution in [3.05, 3.63) is 0 Å². The van der Waals surface area contributed by atoms with Crippen molar-refractivity contribution in [3.63, 3.8) is 0 Å². The number of ether oxygens (including phenoxy) is 2. The summed E-state index contributed by atoms with van der Waals surface area (Å²) in [5, 5.41) is 8.59. The number of aliphatic carboxylic acids is 1. The van der Waals surface area contributed by atoms with Gasteiger partial charge in [0.15, 0.2) is 6.29 Å². The predicted molar refractivity (Wildman–Crippen MR) is 91.1 cm³/mol. The first-order chi connectivity index (χ1) is 11.6. The molecule has 1 N–H and O–H groups in total. The smallest absolute Gasteiger partial charge is 0.303 e. The molecule has 2 fully saturated rings. The van der Waals surface area contributed by atoms with E-state index in [2.05, 4.69) is 0 Å². The van der Waals surface area contributed by atoms with Gasteiger partial charge in [-0.2, -0.15) is 0 Å². The van der Waals surface area contributed by atoms with Crippen LogP contribution in [0.4, 0.5) is 0 Å². The first-order valence-corrected chi connectivity index (χ1v) is 9.63. The minimum absolute atomic E-state index is 0.0344. The average Bonchev–Trinajstić information content (AvgIpc) is 2.86. The van der Waals surface area contributed by atoms with Crippen molar-refractivity contribution >= 4 is 23.9 Å². The SMILES string of the molecule is O=C[C@@H]1[C@@H](CCCCCCC(=O)O)[C@H](Cl)C[C@H]1OC1CCCCO1. The van der Waals surface area contributed by atoms with Gasteiger partial charge < -0.3 is 19.4 Å². The number of carbonyl (C=O) groups is 2. The van der Waals surface area contributed by atoms with Crippen LogP contribution in [-0.2, 0) is 19.1 Å². The van der Waals surface area contributed by atoms with Gasteiger partial charge >= 0.3 is 5.97 Å². The second kappa shape index (κ2) is 10.4. The Hall–Kier alpha value is -0.650. The second-order valence-corrected chi connectivity index (χ2v) is 7.51. The number of alkyl halides is 1. The Morgan fingerprint density at radius 3 is 2.71 bits per heavy atom. The van der Waals surface area contributed by atoms with Crippen LogP contribution >= 0.6 is 11.6 Å². The number of unbranched alkanes of at least 4 members (excludes halogenated alkanes) is 3. The zero-order valence-electron chi connectivity index (χ0n) is 14.2. The predicted octanol–water partition coefficient (Wildman–Crippen LogP) is 3.77. The van der Waals surface area contributed by atoms with E-state index in [1.54, 1.807) is 0 Å². The molecule has 1 unspecified atom stereocenters. The van der Waals surface area contributed by atoms with Gasteiger partial charge in [0.05, 0.1) is 6.10 Å². The average molecular weight is 361 g/mol. The zero-order valence-corrected chi connectivity index (χ0v) is 15.0. The highest BCUT2D eigenvalue weighted by atomic mass is 35.5. The monoisotopic (exact) mass is 360 g/mol. The van der Waals surface area contributed by atoms with Gasteiger partial charge in [-0.3, -0.25) is 4.79 Å². The van der Waals surface area contributed by atoms with Crippen molar-refractivity contribution < 1.29 is 24.2 Å². The molecule has 0 amide bonds. The molecule has 0 radical (unpaired) electrons. The lowest BCUT2D eigenvalue weighted by Crippen LogP contribution is -2.32. The standard InChI is InChI=1S/C18H29ClO5/c19-15-11-16(24-18-9-5-6-10-23-18)14(12-20)13(15)7-3-1-2-4-8-17(21)22/h12-16,18H,1-11H2,(H,21,22)/t13-,14-,15-,16-,18?/m1/s1. The van der Waals surface area contributed by atoms with Gasteiger partial charge in [0, 0.05) is 24.3 Å². The van der Waals surface area contributed by atoms with Crippen LogP contribution in [-0.4, -0.2) is 41.7 Å². The molecule has 0 bridgehead atoms. The number of aldehydes is 1. The fraction of sp³-hybridized carbons (Fsp3) is 0.889. The normalized spacial score (nSPS) is 33.5.